The largest absolute Gasteiger partial charge is 0.465 e. The van der Waals surface area contributed by atoms with Crippen LogP contribution in [-0.4, -0.2) is 25.2 Å². The molecule has 1 aliphatic carbocycles. The molecule has 0 radical (unpaired) electrons. The maximum Gasteiger partial charge on any atom is 0.308 e. The second-order valence-corrected chi connectivity index (χ2v) is 8.57. The van der Waals surface area contributed by atoms with Gasteiger partial charge in [0.15, 0.2) is 0 Å². The second kappa shape index (κ2) is 14.9. The van der Waals surface area contributed by atoms with E-state index in [0.29, 0.717) is 19.1 Å². The smallest absolute Gasteiger partial charge is 0.308 e. The maximum absolute atomic E-state index is 12.2. The van der Waals surface area contributed by atoms with Crippen molar-refractivity contribution in [3.05, 3.63) is 0 Å². The molecule has 0 aromatic carbocycles. The summed E-state index contributed by atoms with van der Waals surface area (Å²) < 4.78 is 10.8. The van der Waals surface area contributed by atoms with Crippen LogP contribution in [0, 0.1) is 17.8 Å². The van der Waals surface area contributed by atoms with Gasteiger partial charge in [-0.2, -0.15) is 0 Å². The monoisotopic (exact) mass is 382 g/mol. The first kappa shape index (κ1) is 24.0. The number of unbranched alkanes of at least 4 members (excludes halogenated alkanes) is 8. The second-order valence-electron chi connectivity index (χ2n) is 8.57. The van der Waals surface area contributed by atoms with E-state index < -0.39 is 0 Å². The predicted molar refractivity (Wildman–Crippen MR) is 109 cm³/mol. The highest BCUT2D eigenvalue weighted by Gasteiger charge is 2.31. The quantitative estimate of drug-likeness (QED) is 0.270. The van der Waals surface area contributed by atoms with Gasteiger partial charge >= 0.3 is 11.9 Å². The van der Waals surface area contributed by atoms with Crippen LogP contribution in [0.5, 0.6) is 0 Å². The summed E-state index contributed by atoms with van der Waals surface area (Å²) >= 11 is 0. The Labute approximate surface area is 166 Å². The summed E-state index contributed by atoms with van der Waals surface area (Å²) in [5.41, 5.74) is 0. The molecule has 158 valence electrons. The zero-order chi connectivity index (χ0) is 19.9. The molecule has 0 aliphatic heterocycles. The van der Waals surface area contributed by atoms with Crippen LogP contribution in [-0.2, 0) is 19.1 Å². The molecule has 0 unspecified atom stereocenters. The molecule has 1 fully saturated rings. The molecular formula is C23H42O4. The lowest BCUT2D eigenvalue weighted by molar-refractivity contribution is -0.155. The van der Waals surface area contributed by atoms with Crippen LogP contribution in [0.4, 0.5) is 0 Å². The maximum atomic E-state index is 12.2. The third-order valence-corrected chi connectivity index (χ3v) is 5.44. The molecule has 4 heteroatoms. The van der Waals surface area contributed by atoms with Crippen molar-refractivity contribution in [2.24, 2.45) is 17.8 Å². The number of esters is 2. The molecule has 0 spiro atoms. The Morgan fingerprint density at radius 1 is 0.741 bits per heavy atom. The van der Waals surface area contributed by atoms with Gasteiger partial charge in [-0.3, -0.25) is 9.59 Å². The van der Waals surface area contributed by atoms with Crippen molar-refractivity contribution in [3.63, 3.8) is 0 Å². The number of ether oxygens (including phenoxy) is 2. The van der Waals surface area contributed by atoms with Crippen molar-refractivity contribution in [1.29, 1.82) is 0 Å². The van der Waals surface area contributed by atoms with Gasteiger partial charge in [-0.1, -0.05) is 72.1 Å². The van der Waals surface area contributed by atoms with Crippen molar-refractivity contribution < 1.29 is 19.1 Å². The highest BCUT2D eigenvalue weighted by atomic mass is 16.5. The summed E-state index contributed by atoms with van der Waals surface area (Å²) in [6, 6.07) is 0. The molecule has 4 nitrogen and oxygen atoms in total. The molecule has 0 amide bonds. The number of hydrogen-bond donors (Lipinski definition) is 0. The first-order chi connectivity index (χ1) is 13.0. The molecular weight excluding hydrogens is 340 g/mol. The molecule has 1 aliphatic rings. The number of hydrogen-bond acceptors (Lipinski definition) is 4. The SMILES string of the molecule is CCCCCCCCCCCOC(=O)C1CCC(C(=O)OCC(C)C)CC1. The van der Waals surface area contributed by atoms with Gasteiger partial charge in [-0.25, -0.2) is 0 Å². The molecule has 27 heavy (non-hydrogen) atoms. The Morgan fingerprint density at radius 2 is 1.19 bits per heavy atom. The lowest BCUT2D eigenvalue weighted by atomic mass is 9.82. The van der Waals surface area contributed by atoms with Crippen molar-refractivity contribution in [2.75, 3.05) is 13.2 Å². The normalized spacial score (nSPS) is 19.9. The van der Waals surface area contributed by atoms with Crippen LogP contribution in [0.1, 0.15) is 104 Å². The molecule has 0 N–H and O–H groups in total. The fourth-order valence-electron chi connectivity index (χ4n) is 3.63. The summed E-state index contributed by atoms with van der Waals surface area (Å²) in [6.45, 7) is 7.35. The van der Waals surface area contributed by atoms with E-state index in [0.717, 1.165) is 38.5 Å². The molecule has 1 saturated carbocycles. The topological polar surface area (TPSA) is 52.6 Å². The summed E-state index contributed by atoms with van der Waals surface area (Å²) in [5.74, 6) is 0.137. The number of carbonyl (C=O) groups excluding carboxylic acids is 2. The van der Waals surface area contributed by atoms with Crippen molar-refractivity contribution in [1.82, 2.24) is 0 Å². The van der Waals surface area contributed by atoms with E-state index in [1.54, 1.807) is 0 Å². The molecule has 0 aromatic heterocycles. The zero-order valence-corrected chi connectivity index (χ0v) is 18.0. The standard InChI is InChI=1S/C23H42O4/c1-4-5-6-7-8-9-10-11-12-17-26-22(24)20-13-15-21(16-14-20)23(25)27-18-19(2)3/h19-21H,4-18H2,1-3H3. The molecule has 0 atom stereocenters. The van der Waals surface area contributed by atoms with Gasteiger partial charge in [0.2, 0.25) is 0 Å². The lowest BCUT2D eigenvalue weighted by Crippen LogP contribution is -2.29. The molecule has 1 rings (SSSR count). The number of rotatable bonds is 14. The van der Waals surface area contributed by atoms with Gasteiger partial charge in [0.05, 0.1) is 25.0 Å². The van der Waals surface area contributed by atoms with Crippen molar-refractivity contribution in [3.8, 4) is 0 Å². The Balaban J connectivity index is 2.01. The predicted octanol–water partition coefficient (Wildman–Crippen LogP) is 6.07. The van der Waals surface area contributed by atoms with Crippen molar-refractivity contribution >= 4 is 11.9 Å². The fraction of sp³-hybridized carbons (Fsp3) is 0.913. The van der Waals surface area contributed by atoms with Crippen LogP contribution in [0.25, 0.3) is 0 Å². The van der Waals surface area contributed by atoms with Gasteiger partial charge in [0.1, 0.15) is 0 Å². The van der Waals surface area contributed by atoms with E-state index in [2.05, 4.69) is 6.92 Å². The van der Waals surface area contributed by atoms with Crippen LogP contribution >= 0.6 is 0 Å². The molecule has 0 saturated heterocycles. The van der Waals surface area contributed by atoms with E-state index in [4.69, 9.17) is 9.47 Å². The zero-order valence-electron chi connectivity index (χ0n) is 18.0. The summed E-state index contributed by atoms with van der Waals surface area (Å²) in [5, 5.41) is 0. The van der Waals surface area contributed by atoms with Gasteiger partial charge in [0.25, 0.3) is 0 Å². The van der Waals surface area contributed by atoms with Crippen LogP contribution in [0.15, 0.2) is 0 Å². The summed E-state index contributed by atoms with van der Waals surface area (Å²) in [7, 11) is 0. The highest BCUT2D eigenvalue weighted by Crippen LogP contribution is 2.30. The van der Waals surface area contributed by atoms with Gasteiger partial charge in [-0.05, 0) is 38.0 Å². The average molecular weight is 383 g/mol. The van der Waals surface area contributed by atoms with E-state index in [-0.39, 0.29) is 23.8 Å². The Bertz CT molecular complexity index is 397. The first-order valence-corrected chi connectivity index (χ1v) is 11.4. The molecule has 0 heterocycles. The first-order valence-electron chi connectivity index (χ1n) is 11.4. The van der Waals surface area contributed by atoms with Gasteiger partial charge < -0.3 is 9.47 Å². The van der Waals surface area contributed by atoms with E-state index >= 15 is 0 Å². The highest BCUT2D eigenvalue weighted by molar-refractivity contribution is 5.75. The minimum Gasteiger partial charge on any atom is -0.465 e. The van der Waals surface area contributed by atoms with Gasteiger partial charge in [-0.15, -0.1) is 0 Å². The van der Waals surface area contributed by atoms with Crippen LogP contribution in [0.2, 0.25) is 0 Å². The molecule has 0 bridgehead atoms. The minimum absolute atomic E-state index is 0.0299. The van der Waals surface area contributed by atoms with E-state index in [9.17, 15) is 9.59 Å². The average Bonchev–Trinajstić information content (AvgIpc) is 2.67. The van der Waals surface area contributed by atoms with Crippen molar-refractivity contribution in [2.45, 2.75) is 104 Å². The third kappa shape index (κ3) is 11.4. The number of carbonyl (C=O) groups is 2. The Hall–Kier alpha value is -1.06. The van der Waals surface area contributed by atoms with E-state index in [1.807, 2.05) is 13.8 Å². The van der Waals surface area contributed by atoms with Gasteiger partial charge in [0, 0.05) is 0 Å². The van der Waals surface area contributed by atoms with Crippen LogP contribution < -0.4 is 0 Å². The van der Waals surface area contributed by atoms with E-state index in [1.165, 1.54) is 44.9 Å². The summed E-state index contributed by atoms with van der Waals surface area (Å²) in [6.07, 6.45) is 14.4. The Kier molecular flexibility index (Phi) is 13.3. The lowest BCUT2D eigenvalue weighted by Gasteiger charge is -2.26. The fourth-order valence-corrected chi connectivity index (χ4v) is 3.63. The van der Waals surface area contributed by atoms with Crippen LogP contribution in [0.3, 0.4) is 0 Å². The third-order valence-electron chi connectivity index (χ3n) is 5.44. The minimum atomic E-state index is -0.0924. The summed E-state index contributed by atoms with van der Waals surface area (Å²) in [4.78, 5) is 24.2. The Morgan fingerprint density at radius 3 is 1.67 bits per heavy atom. The molecule has 0 aromatic rings.